The highest BCUT2D eigenvalue weighted by atomic mass is 35.5. The van der Waals surface area contributed by atoms with E-state index in [0.29, 0.717) is 21.0 Å². The monoisotopic (exact) mass is 319 g/mol. The number of nitrogens with two attached hydrogens (primary N) is 1. The first-order valence-corrected chi connectivity index (χ1v) is 7.48. The van der Waals surface area contributed by atoms with E-state index in [4.69, 9.17) is 33.7 Å². The Bertz CT molecular complexity index is 481. The van der Waals surface area contributed by atoms with E-state index in [9.17, 15) is 0 Å². The van der Waals surface area contributed by atoms with Crippen LogP contribution in [-0.2, 0) is 0 Å². The fraction of sp³-hybridized carbons (Fsp3) is 0.333. The molecule has 1 rings (SSSR count). The zero-order valence-corrected chi connectivity index (χ0v) is 13.2. The summed E-state index contributed by atoms with van der Waals surface area (Å²) in [7, 11) is 0. The summed E-state index contributed by atoms with van der Waals surface area (Å²) in [6.07, 6.45) is 3.35. The highest BCUT2D eigenvalue weighted by Gasteiger charge is 2.10. The molecule has 4 nitrogen and oxygen atoms in total. The average Bonchev–Trinajstić information content (AvgIpc) is 2.33. The summed E-state index contributed by atoms with van der Waals surface area (Å²) in [6, 6.07) is 3.42. The fourth-order valence-electron chi connectivity index (χ4n) is 1.20. The number of rotatable bonds is 4. The standard InChI is InChI=1S/C12H15Cl2N3OS/c1-7(2)18-11-9(13)4-8(5-10(11)14)6-16-17-12(15)19-3/h4-7H,1-3H3,(H2,15,17)/b16-6-. The maximum Gasteiger partial charge on any atom is 0.180 e. The number of benzene rings is 1. The third kappa shape index (κ3) is 5.30. The molecular weight excluding hydrogens is 305 g/mol. The molecule has 0 heterocycles. The molecule has 19 heavy (non-hydrogen) atoms. The molecule has 0 aliphatic rings. The van der Waals surface area contributed by atoms with Crippen molar-refractivity contribution >= 4 is 46.3 Å². The maximum absolute atomic E-state index is 6.11. The molecule has 7 heteroatoms. The summed E-state index contributed by atoms with van der Waals surface area (Å²) >= 11 is 13.5. The molecule has 2 N–H and O–H groups in total. The number of nitrogens with zero attached hydrogens (tertiary/aromatic N) is 2. The molecule has 0 unspecified atom stereocenters. The smallest absolute Gasteiger partial charge is 0.180 e. The lowest BCUT2D eigenvalue weighted by Crippen LogP contribution is -2.06. The van der Waals surface area contributed by atoms with Gasteiger partial charge in [-0.25, -0.2) is 0 Å². The molecule has 1 aromatic carbocycles. The van der Waals surface area contributed by atoms with Crippen molar-refractivity contribution in [3.05, 3.63) is 27.7 Å². The molecule has 0 amide bonds. The van der Waals surface area contributed by atoms with Gasteiger partial charge in [-0.3, -0.25) is 0 Å². The van der Waals surface area contributed by atoms with E-state index in [2.05, 4.69) is 10.2 Å². The summed E-state index contributed by atoms with van der Waals surface area (Å²) in [6.45, 7) is 3.81. The zero-order chi connectivity index (χ0) is 14.4. The Kier molecular flexibility index (Phi) is 6.48. The minimum atomic E-state index is 0.000458. The minimum absolute atomic E-state index is 0.000458. The Hall–Kier alpha value is -0.910. The Labute approximate surface area is 127 Å². The van der Waals surface area contributed by atoms with E-state index in [0.717, 1.165) is 5.56 Å². The van der Waals surface area contributed by atoms with E-state index in [1.807, 2.05) is 20.1 Å². The zero-order valence-electron chi connectivity index (χ0n) is 10.9. The minimum Gasteiger partial charge on any atom is -0.488 e. The van der Waals surface area contributed by atoms with Gasteiger partial charge in [0.25, 0.3) is 0 Å². The van der Waals surface area contributed by atoms with Crippen molar-refractivity contribution in [1.82, 2.24) is 0 Å². The van der Waals surface area contributed by atoms with Gasteiger partial charge in [-0.15, -0.1) is 5.10 Å². The lowest BCUT2D eigenvalue weighted by atomic mass is 10.2. The molecule has 0 aliphatic carbocycles. The molecule has 0 aliphatic heterocycles. The Morgan fingerprint density at radius 2 is 1.95 bits per heavy atom. The lowest BCUT2D eigenvalue weighted by molar-refractivity contribution is 0.243. The first-order chi connectivity index (χ1) is 8.93. The predicted molar refractivity (Wildman–Crippen MR) is 85.0 cm³/mol. The lowest BCUT2D eigenvalue weighted by Gasteiger charge is -2.13. The van der Waals surface area contributed by atoms with E-state index >= 15 is 0 Å². The molecule has 0 atom stereocenters. The first-order valence-electron chi connectivity index (χ1n) is 5.50. The van der Waals surface area contributed by atoms with Crippen molar-refractivity contribution in [3.8, 4) is 5.75 Å². The summed E-state index contributed by atoms with van der Waals surface area (Å²) < 4.78 is 5.53. The fourth-order valence-corrected chi connectivity index (χ4v) is 1.92. The summed E-state index contributed by atoms with van der Waals surface area (Å²) in [5.74, 6) is 0.475. The average molecular weight is 320 g/mol. The van der Waals surface area contributed by atoms with Crippen LogP contribution in [0.15, 0.2) is 22.3 Å². The number of halogens is 2. The Balaban J connectivity index is 2.95. The molecule has 0 bridgehead atoms. The first kappa shape index (κ1) is 16.1. The van der Waals surface area contributed by atoms with E-state index in [1.54, 1.807) is 12.1 Å². The highest BCUT2D eigenvalue weighted by molar-refractivity contribution is 8.13. The molecular formula is C12H15Cl2N3OS. The van der Waals surface area contributed by atoms with Crippen LogP contribution >= 0.6 is 35.0 Å². The molecule has 0 fully saturated rings. The van der Waals surface area contributed by atoms with Crippen LogP contribution in [0.4, 0.5) is 0 Å². The summed E-state index contributed by atoms with van der Waals surface area (Å²) in [4.78, 5) is 0. The van der Waals surface area contributed by atoms with Gasteiger partial charge in [-0.1, -0.05) is 35.0 Å². The normalized spacial score (nSPS) is 12.4. The van der Waals surface area contributed by atoms with Gasteiger partial charge in [0.05, 0.1) is 22.4 Å². The van der Waals surface area contributed by atoms with Crippen LogP contribution in [0.5, 0.6) is 5.75 Å². The second kappa shape index (κ2) is 7.62. The van der Waals surface area contributed by atoms with Crippen molar-refractivity contribution in [2.24, 2.45) is 15.9 Å². The second-order valence-corrected chi connectivity index (χ2v) is 5.51. The number of amidine groups is 1. The van der Waals surface area contributed by atoms with Crippen LogP contribution < -0.4 is 10.5 Å². The van der Waals surface area contributed by atoms with Gasteiger partial charge in [0.2, 0.25) is 0 Å². The second-order valence-electron chi connectivity index (χ2n) is 3.87. The van der Waals surface area contributed by atoms with Crippen LogP contribution in [0.3, 0.4) is 0 Å². The van der Waals surface area contributed by atoms with E-state index in [1.165, 1.54) is 18.0 Å². The van der Waals surface area contributed by atoms with Crippen molar-refractivity contribution in [2.75, 3.05) is 6.26 Å². The number of hydrogen-bond acceptors (Lipinski definition) is 4. The van der Waals surface area contributed by atoms with E-state index < -0.39 is 0 Å². The van der Waals surface area contributed by atoms with Gasteiger partial charge in [-0.2, -0.15) is 5.10 Å². The third-order valence-electron chi connectivity index (χ3n) is 1.95. The molecule has 0 spiro atoms. The molecule has 104 valence electrons. The van der Waals surface area contributed by atoms with Gasteiger partial charge in [0, 0.05) is 0 Å². The van der Waals surface area contributed by atoms with Crippen molar-refractivity contribution in [1.29, 1.82) is 0 Å². The van der Waals surface area contributed by atoms with Crippen LogP contribution in [0.1, 0.15) is 19.4 Å². The summed E-state index contributed by atoms with van der Waals surface area (Å²) in [5, 5.41) is 8.87. The molecule has 0 saturated heterocycles. The number of ether oxygens (including phenoxy) is 1. The largest absolute Gasteiger partial charge is 0.488 e. The van der Waals surface area contributed by atoms with Gasteiger partial charge < -0.3 is 10.5 Å². The predicted octanol–water partition coefficient (Wildman–Crippen LogP) is 3.79. The van der Waals surface area contributed by atoms with Crippen LogP contribution in [0.25, 0.3) is 0 Å². The topological polar surface area (TPSA) is 60.0 Å². The van der Waals surface area contributed by atoms with E-state index in [-0.39, 0.29) is 6.10 Å². The van der Waals surface area contributed by atoms with Crippen LogP contribution in [-0.4, -0.2) is 23.7 Å². The Morgan fingerprint density at radius 3 is 2.42 bits per heavy atom. The van der Waals surface area contributed by atoms with Crippen molar-refractivity contribution in [2.45, 2.75) is 20.0 Å². The van der Waals surface area contributed by atoms with Crippen LogP contribution in [0.2, 0.25) is 10.0 Å². The maximum atomic E-state index is 6.11. The van der Waals surface area contributed by atoms with Crippen molar-refractivity contribution in [3.63, 3.8) is 0 Å². The van der Waals surface area contributed by atoms with Gasteiger partial charge >= 0.3 is 0 Å². The van der Waals surface area contributed by atoms with Crippen molar-refractivity contribution < 1.29 is 4.74 Å². The third-order valence-corrected chi connectivity index (χ3v) is 3.01. The highest BCUT2D eigenvalue weighted by Crippen LogP contribution is 2.34. The van der Waals surface area contributed by atoms with Crippen LogP contribution in [0, 0.1) is 0 Å². The van der Waals surface area contributed by atoms with Gasteiger partial charge in [-0.05, 0) is 37.8 Å². The summed E-state index contributed by atoms with van der Waals surface area (Å²) in [5.41, 5.74) is 6.23. The quantitative estimate of drug-likeness (QED) is 0.521. The number of hydrogen-bond donors (Lipinski definition) is 1. The molecule has 0 aromatic heterocycles. The molecule has 0 saturated carbocycles. The Morgan fingerprint density at radius 1 is 1.37 bits per heavy atom. The van der Waals surface area contributed by atoms with Gasteiger partial charge in [0.15, 0.2) is 10.9 Å². The van der Waals surface area contributed by atoms with Gasteiger partial charge in [0.1, 0.15) is 0 Å². The molecule has 0 radical (unpaired) electrons. The SMILES string of the molecule is CS/C(N)=N/N=C\c1cc(Cl)c(OC(C)C)c(Cl)c1. The molecule has 1 aromatic rings. The number of thioether (sulfide) groups is 1.